The summed E-state index contributed by atoms with van der Waals surface area (Å²) in [6.07, 6.45) is 9.68. The van der Waals surface area contributed by atoms with Crippen molar-refractivity contribution in [3.05, 3.63) is 83.2 Å². The first-order chi connectivity index (χ1) is 17.0. The molecule has 0 aliphatic carbocycles. The minimum absolute atomic E-state index is 0.0853. The Morgan fingerprint density at radius 3 is 2.17 bits per heavy atom. The number of rotatable bonds is 9. The van der Waals surface area contributed by atoms with E-state index in [0.717, 1.165) is 30.4 Å². The van der Waals surface area contributed by atoms with Gasteiger partial charge >= 0.3 is 0 Å². The topological polar surface area (TPSA) is 9.23 Å². The van der Waals surface area contributed by atoms with Gasteiger partial charge in [0.2, 0.25) is 0 Å². The van der Waals surface area contributed by atoms with Crippen LogP contribution in [0.2, 0.25) is 0 Å². The predicted octanol–water partition coefficient (Wildman–Crippen LogP) is 9.37. The van der Waals surface area contributed by atoms with E-state index in [0.29, 0.717) is 23.8 Å². The second-order valence-electron chi connectivity index (χ2n) is 9.80. The molecule has 0 amide bonds. The fourth-order valence-electron chi connectivity index (χ4n) is 5.00. The van der Waals surface area contributed by atoms with Crippen molar-refractivity contribution in [2.24, 2.45) is 0 Å². The molecule has 0 bridgehead atoms. The monoisotopic (exact) mass is 480 g/mol. The number of unbranched alkanes of at least 4 members (excludes halogenated alkanes) is 4. The van der Waals surface area contributed by atoms with Crippen LogP contribution in [0, 0.1) is 24.4 Å². The number of hydrogen-bond donors (Lipinski definition) is 0. The van der Waals surface area contributed by atoms with Crippen LogP contribution in [0.5, 0.6) is 0 Å². The summed E-state index contributed by atoms with van der Waals surface area (Å²) in [4.78, 5) is 0. The summed E-state index contributed by atoms with van der Waals surface area (Å²) in [5, 5.41) is 0. The van der Waals surface area contributed by atoms with Gasteiger partial charge in [-0.1, -0.05) is 87.6 Å². The van der Waals surface area contributed by atoms with Crippen molar-refractivity contribution in [1.29, 1.82) is 0 Å². The Morgan fingerprint density at radius 2 is 1.49 bits per heavy atom. The highest BCUT2D eigenvalue weighted by molar-refractivity contribution is 5.71. The molecule has 1 saturated heterocycles. The summed E-state index contributed by atoms with van der Waals surface area (Å²) in [7, 11) is 0. The molecular weight excluding hydrogens is 445 g/mol. The molecule has 1 aliphatic rings. The number of benzene rings is 3. The van der Waals surface area contributed by atoms with Crippen LogP contribution in [-0.4, -0.2) is 12.7 Å². The molecule has 1 aliphatic heterocycles. The molecule has 0 radical (unpaired) electrons. The van der Waals surface area contributed by atoms with E-state index in [1.54, 1.807) is 30.3 Å². The lowest BCUT2D eigenvalue weighted by atomic mass is 9.88. The van der Waals surface area contributed by atoms with Gasteiger partial charge in [-0.25, -0.2) is 13.2 Å². The van der Waals surface area contributed by atoms with Gasteiger partial charge in [0, 0.05) is 11.5 Å². The molecule has 3 aromatic carbocycles. The molecule has 35 heavy (non-hydrogen) atoms. The van der Waals surface area contributed by atoms with E-state index in [4.69, 9.17) is 4.74 Å². The summed E-state index contributed by atoms with van der Waals surface area (Å²) in [5.41, 5.74) is 3.38. The third-order valence-corrected chi connectivity index (χ3v) is 7.24. The molecule has 1 heterocycles. The van der Waals surface area contributed by atoms with E-state index in [1.165, 1.54) is 39.0 Å². The second kappa shape index (κ2) is 11.9. The Hall–Kier alpha value is -2.59. The van der Waals surface area contributed by atoms with Gasteiger partial charge in [0.25, 0.3) is 0 Å². The van der Waals surface area contributed by atoms with Crippen molar-refractivity contribution in [1.82, 2.24) is 0 Å². The molecule has 2 unspecified atom stereocenters. The quantitative estimate of drug-likeness (QED) is 0.277. The van der Waals surface area contributed by atoms with E-state index in [-0.39, 0.29) is 22.9 Å². The van der Waals surface area contributed by atoms with Crippen molar-refractivity contribution in [3.63, 3.8) is 0 Å². The third-order valence-electron chi connectivity index (χ3n) is 7.24. The van der Waals surface area contributed by atoms with Crippen LogP contribution in [0.4, 0.5) is 13.2 Å². The molecule has 4 rings (SSSR count). The molecular formula is C31H35F3O. The number of ether oxygens (including phenoxy) is 1. The molecule has 186 valence electrons. The van der Waals surface area contributed by atoms with Gasteiger partial charge in [0.05, 0.1) is 12.7 Å². The Labute approximate surface area is 207 Å². The molecule has 2 atom stereocenters. The van der Waals surface area contributed by atoms with Gasteiger partial charge < -0.3 is 4.74 Å². The molecule has 0 aromatic heterocycles. The van der Waals surface area contributed by atoms with Crippen LogP contribution in [0.15, 0.2) is 54.6 Å². The lowest BCUT2D eigenvalue weighted by Gasteiger charge is -2.29. The molecule has 1 nitrogen and oxygen atoms in total. The number of hydrogen-bond acceptors (Lipinski definition) is 1. The minimum atomic E-state index is -0.846. The van der Waals surface area contributed by atoms with E-state index in [1.807, 2.05) is 24.3 Å². The summed E-state index contributed by atoms with van der Waals surface area (Å²) in [5.74, 6) is -1.80. The Kier molecular flexibility index (Phi) is 8.67. The second-order valence-corrected chi connectivity index (χ2v) is 9.80. The lowest BCUT2D eigenvalue weighted by Crippen LogP contribution is -2.25. The fraction of sp³-hybridized carbons (Fsp3) is 0.419. The maximum absolute atomic E-state index is 15.1. The van der Waals surface area contributed by atoms with Crippen LogP contribution < -0.4 is 0 Å². The highest BCUT2D eigenvalue weighted by atomic mass is 19.2. The molecule has 0 spiro atoms. The van der Waals surface area contributed by atoms with E-state index >= 15 is 4.39 Å². The SMILES string of the molecule is CCCCCCCC1CCC(c2ccc(-c3ccc(-c4ccc(C)c(F)c4F)cc3)cc2F)CO1. The first-order valence-corrected chi connectivity index (χ1v) is 12.9. The number of halogens is 3. The van der Waals surface area contributed by atoms with Crippen LogP contribution in [0.3, 0.4) is 0 Å². The van der Waals surface area contributed by atoms with Gasteiger partial charge in [-0.15, -0.1) is 0 Å². The van der Waals surface area contributed by atoms with Crippen LogP contribution in [-0.2, 0) is 4.74 Å². The average molecular weight is 481 g/mol. The molecule has 0 saturated carbocycles. The first-order valence-electron chi connectivity index (χ1n) is 12.9. The third kappa shape index (κ3) is 6.16. The summed E-state index contributed by atoms with van der Waals surface area (Å²) >= 11 is 0. The average Bonchev–Trinajstić information content (AvgIpc) is 2.88. The van der Waals surface area contributed by atoms with Crippen LogP contribution in [0.1, 0.15) is 75.3 Å². The zero-order chi connectivity index (χ0) is 24.8. The van der Waals surface area contributed by atoms with E-state index < -0.39 is 11.6 Å². The van der Waals surface area contributed by atoms with Gasteiger partial charge in [0.1, 0.15) is 5.82 Å². The predicted molar refractivity (Wildman–Crippen MR) is 137 cm³/mol. The van der Waals surface area contributed by atoms with Gasteiger partial charge in [-0.3, -0.25) is 0 Å². The maximum Gasteiger partial charge on any atom is 0.166 e. The van der Waals surface area contributed by atoms with Gasteiger partial charge in [0.15, 0.2) is 11.6 Å². The highest BCUT2D eigenvalue weighted by Gasteiger charge is 2.25. The highest BCUT2D eigenvalue weighted by Crippen LogP contribution is 2.34. The van der Waals surface area contributed by atoms with Crippen molar-refractivity contribution in [3.8, 4) is 22.3 Å². The summed E-state index contributed by atoms with van der Waals surface area (Å²) in [6, 6.07) is 15.6. The standard InChI is InChI=1S/C31H35F3O/c1-3-4-5-6-7-8-26-16-14-25(20-35-26)27-18-15-24(19-29(27)32)22-10-12-23(13-11-22)28-17-9-21(2)30(33)31(28)34/h9-13,15,17-19,25-26H,3-8,14,16,20H2,1-2H3. The Balaban J connectivity index is 1.38. The molecule has 0 N–H and O–H groups in total. The molecule has 3 aromatic rings. The summed E-state index contributed by atoms with van der Waals surface area (Å²) < 4.78 is 49.4. The zero-order valence-corrected chi connectivity index (χ0v) is 20.8. The van der Waals surface area contributed by atoms with Crippen LogP contribution >= 0.6 is 0 Å². The zero-order valence-electron chi connectivity index (χ0n) is 20.8. The molecule has 1 fully saturated rings. The molecule has 4 heteroatoms. The van der Waals surface area contributed by atoms with Crippen molar-refractivity contribution >= 4 is 0 Å². The van der Waals surface area contributed by atoms with E-state index in [2.05, 4.69) is 6.92 Å². The van der Waals surface area contributed by atoms with Gasteiger partial charge in [-0.2, -0.15) is 0 Å². The van der Waals surface area contributed by atoms with Crippen molar-refractivity contribution < 1.29 is 17.9 Å². The normalized spacial score (nSPS) is 18.1. The summed E-state index contributed by atoms with van der Waals surface area (Å²) in [6.45, 7) is 4.34. The smallest absolute Gasteiger partial charge is 0.166 e. The largest absolute Gasteiger partial charge is 0.378 e. The fourth-order valence-corrected chi connectivity index (χ4v) is 5.00. The Bertz CT molecular complexity index is 1110. The minimum Gasteiger partial charge on any atom is -0.378 e. The van der Waals surface area contributed by atoms with E-state index in [9.17, 15) is 8.78 Å². The maximum atomic E-state index is 15.1. The van der Waals surface area contributed by atoms with Gasteiger partial charge in [-0.05, 0) is 60.1 Å². The van der Waals surface area contributed by atoms with Crippen molar-refractivity contribution in [2.45, 2.75) is 77.2 Å². The number of aryl methyl sites for hydroxylation is 1. The Morgan fingerprint density at radius 1 is 0.771 bits per heavy atom. The van der Waals surface area contributed by atoms with Crippen molar-refractivity contribution in [2.75, 3.05) is 6.61 Å². The van der Waals surface area contributed by atoms with Crippen LogP contribution in [0.25, 0.3) is 22.3 Å². The lowest BCUT2D eigenvalue weighted by molar-refractivity contribution is -0.00273. The first kappa shape index (κ1) is 25.5.